The van der Waals surface area contributed by atoms with Crippen LogP contribution in [0.4, 0.5) is 0 Å². The lowest BCUT2D eigenvalue weighted by molar-refractivity contribution is 0.569. The zero-order valence-electron chi connectivity index (χ0n) is 13.6. The molecule has 7 heteroatoms. The molecule has 1 aromatic rings. The first kappa shape index (κ1) is 18.4. The van der Waals surface area contributed by atoms with Gasteiger partial charge in [0.05, 0.1) is 12.3 Å². The van der Waals surface area contributed by atoms with E-state index in [1.807, 2.05) is 26.0 Å². The number of hydrogen-bond acceptors (Lipinski definition) is 3. The molecule has 0 amide bonds. The van der Waals surface area contributed by atoms with Crippen molar-refractivity contribution in [1.29, 1.82) is 0 Å². The summed E-state index contributed by atoms with van der Waals surface area (Å²) in [6.07, 6.45) is 0. The maximum Gasteiger partial charge on any atom is 0.216 e. The van der Waals surface area contributed by atoms with E-state index in [9.17, 15) is 8.42 Å². The molecule has 0 aliphatic heterocycles. The molecule has 4 N–H and O–H groups in total. The highest BCUT2D eigenvalue weighted by atomic mass is 32.2. The van der Waals surface area contributed by atoms with E-state index in [1.165, 1.54) is 0 Å². The smallest absolute Gasteiger partial charge is 0.216 e. The van der Waals surface area contributed by atoms with Crippen molar-refractivity contribution < 1.29 is 8.42 Å². The van der Waals surface area contributed by atoms with Gasteiger partial charge in [-0.2, -0.15) is 0 Å². The molecule has 1 rings (SSSR count). The van der Waals surface area contributed by atoms with Gasteiger partial charge in [-0.1, -0.05) is 24.3 Å². The molecule has 0 fully saturated rings. The van der Waals surface area contributed by atoms with Crippen LogP contribution in [0.15, 0.2) is 29.3 Å². The average Bonchev–Trinajstić information content (AvgIpc) is 2.35. The third kappa shape index (κ3) is 7.42. The zero-order valence-corrected chi connectivity index (χ0v) is 14.4. The van der Waals surface area contributed by atoms with Crippen molar-refractivity contribution in [3.05, 3.63) is 35.4 Å². The van der Waals surface area contributed by atoms with Crippen molar-refractivity contribution >= 4 is 16.0 Å². The van der Waals surface area contributed by atoms with Crippen molar-refractivity contribution in [2.45, 2.75) is 52.1 Å². The summed E-state index contributed by atoms with van der Waals surface area (Å²) in [5, 5.41) is 3.01. The minimum Gasteiger partial charge on any atom is -0.370 e. The molecule has 0 unspecified atom stereocenters. The largest absolute Gasteiger partial charge is 0.370 e. The van der Waals surface area contributed by atoms with Gasteiger partial charge in [-0.05, 0) is 38.8 Å². The molecular weight excluding hydrogens is 300 g/mol. The van der Waals surface area contributed by atoms with E-state index in [2.05, 4.69) is 15.0 Å². The Morgan fingerprint density at radius 3 is 2.14 bits per heavy atom. The first-order chi connectivity index (χ1) is 10.2. The number of benzene rings is 1. The predicted octanol–water partition coefficient (Wildman–Crippen LogP) is 1.33. The fourth-order valence-corrected chi connectivity index (χ4v) is 3.31. The lowest BCUT2D eigenvalue weighted by Crippen LogP contribution is -2.36. The minimum atomic E-state index is -3.29. The van der Waals surface area contributed by atoms with Crippen LogP contribution < -0.4 is 15.8 Å². The van der Waals surface area contributed by atoms with Gasteiger partial charge < -0.3 is 11.1 Å². The number of nitrogens with two attached hydrogens (primary N) is 1. The molecule has 0 bridgehead atoms. The summed E-state index contributed by atoms with van der Waals surface area (Å²) in [7, 11) is -3.29. The van der Waals surface area contributed by atoms with Gasteiger partial charge in [0.1, 0.15) is 0 Å². The molecule has 0 aliphatic carbocycles. The molecule has 0 aliphatic rings. The number of aliphatic imine (C=N–C) groups is 1. The van der Waals surface area contributed by atoms with E-state index in [1.54, 1.807) is 26.0 Å². The van der Waals surface area contributed by atoms with Crippen LogP contribution in [0.25, 0.3) is 0 Å². The van der Waals surface area contributed by atoms with E-state index in [0.29, 0.717) is 12.5 Å². The van der Waals surface area contributed by atoms with E-state index in [-0.39, 0.29) is 17.8 Å². The molecule has 0 radical (unpaired) electrons. The molecule has 0 saturated heterocycles. The van der Waals surface area contributed by atoms with Gasteiger partial charge in [0.25, 0.3) is 0 Å². The van der Waals surface area contributed by atoms with Gasteiger partial charge in [0.15, 0.2) is 5.96 Å². The highest BCUT2D eigenvalue weighted by molar-refractivity contribution is 7.88. The van der Waals surface area contributed by atoms with E-state index in [4.69, 9.17) is 5.73 Å². The molecule has 0 aromatic heterocycles. The van der Waals surface area contributed by atoms with E-state index >= 15 is 0 Å². The van der Waals surface area contributed by atoms with Gasteiger partial charge in [-0.3, -0.25) is 0 Å². The summed E-state index contributed by atoms with van der Waals surface area (Å²) in [4.78, 5) is 4.23. The van der Waals surface area contributed by atoms with Crippen molar-refractivity contribution in [2.75, 3.05) is 0 Å². The zero-order chi connectivity index (χ0) is 16.8. The Hall–Kier alpha value is -1.60. The van der Waals surface area contributed by atoms with Gasteiger partial charge in [0.2, 0.25) is 10.0 Å². The number of nitrogens with zero attached hydrogens (tertiary/aromatic N) is 1. The number of hydrogen-bond donors (Lipinski definition) is 3. The summed E-state index contributed by atoms with van der Waals surface area (Å²) in [5.74, 6) is 0.383. The van der Waals surface area contributed by atoms with E-state index < -0.39 is 10.0 Å². The SMILES string of the molecule is CC(C)NC(N)=NCc1ccc(CS(=O)(=O)NC(C)C)cc1. The Morgan fingerprint density at radius 2 is 1.64 bits per heavy atom. The third-order valence-corrected chi connectivity index (χ3v) is 4.21. The van der Waals surface area contributed by atoms with Crippen LogP contribution in [0.1, 0.15) is 38.8 Å². The fraction of sp³-hybridized carbons (Fsp3) is 0.533. The molecule has 0 spiro atoms. The molecule has 124 valence electrons. The quantitative estimate of drug-likeness (QED) is 0.520. The highest BCUT2D eigenvalue weighted by Gasteiger charge is 2.12. The Bertz CT molecular complexity index is 592. The molecule has 1 aromatic carbocycles. The Balaban J connectivity index is 2.64. The van der Waals surface area contributed by atoms with Gasteiger partial charge >= 0.3 is 0 Å². The first-order valence-electron chi connectivity index (χ1n) is 7.32. The standard InChI is InChI=1S/C15H26N4O2S/c1-11(2)18-15(16)17-9-13-5-7-14(8-6-13)10-22(20,21)19-12(3)4/h5-8,11-12,19H,9-10H2,1-4H3,(H3,16,17,18). The molecular formula is C15H26N4O2S. The fourth-order valence-electron chi connectivity index (χ4n) is 1.88. The second-order valence-electron chi connectivity index (χ2n) is 5.85. The second kappa shape index (κ2) is 8.14. The number of sulfonamides is 1. The molecule has 0 heterocycles. The van der Waals surface area contributed by atoms with Crippen LogP contribution >= 0.6 is 0 Å². The normalized spacial score (nSPS) is 12.9. The van der Waals surface area contributed by atoms with Crippen LogP contribution in [0, 0.1) is 0 Å². The second-order valence-corrected chi connectivity index (χ2v) is 7.60. The highest BCUT2D eigenvalue weighted by Crippen LogP contribution is 2.09. The van der Waals surface area contributed by atoms with Crippen LogP contribution in [0.5, 0.6) is 0 Å². The number of nitrogens with one attached hydrogen (secondary N) is 2. The topological polar surface area (TPSA) is 96.6 Å². The lowest BCUT2D eigenvalue weighted by Gasteiger charge is -2.10. The Morgan fingerprint density at radius 1 is 1.09 bits per heavy atom. The van der Waals surface area contributed by atoms with Crippen LogP contribution in [-0.2, 0) is 22.3 Å². The molecule has 0 atom stereocenters. The number of rotatable bonds is 7. The summed E-state index contributed by atoms with van der Waals surface area (Å²) in [5.41, 5.74) is 7.46. The average molecular weight is 326 g/mol. The van der Waals surface area contributed by atoms with Gasteiger partial charge in [-0.25, -0.2) is 18.1 Å². The van der Waals surface area contributed by atoms with Crippen LogP contribution in [0.3, 0.4) is 0 Å². The first-order valence-corrected chi connectivity index (χ1v) is 8.97. The minimum absolute atomic E-state index is 0.0221. The predicted molar refractivity (Wildman–Crippen MR) is 90.9 cm³/mol. The molecule has 22 heavy (non-hydrogen) atoms. The van der Waals surface area contributed by atoms with Crippen molar-refractivity contribution in [2.24, 2.45) is 10.7 Å². The van der Waals surface area contributed by atoms with Crippen LogP contribution in [-0.4, -0.2) is 26.5 Å². The maximum atomic E-state index is 11.9. The van der Waals surface area contributed by atoms with Crippen molar-refractivity contribution in [1.82, 2.24) is 10.0 Å². The van der Waals surface area contributed by atoms with Gasteiger partial charge in [0, 0.05) is 12.1 Å². The van der Waals surface area contributed by atoms with Crippen molar-refractivity contribution in [3.63, 3.8) is 0 Å². The third-order valence-electron chi connectivity index (χ3n) is 2.66. The monoisotopic (exact) mass is 326 g/mol. The summed E-state index contributed by atoms with van der Waals surface area (Å²) < 4.78 is 26.3. The maximum absolute atomic E-state index is 11.9. The summed E-state index contributed by atoms with van der Waals surface area (Å²) in [6.45, 7) is 8.04. The molecule has 0 saturated carbocycles. The van der Waals surface area contributed by atoms with Crippen molar-refractivity contribution in [3.8, 4) is 0 Å². The molecule has 6 nitrogen and oxygen atoms in total. The summed E-state index contributed by atoms with van der Waals surface area (Å²) in [6, 6.07) is 7.48. The lowest BCUT2D eigenvalue weighted by atomic mass is 10.1. The Labute approximate surface area is 133 Å². The van der Waals surface area contributed by atoms with Gasteiger partial charge in [-0.15, -0.1) is 0 Å². The number of guanidine groups is 1. The van der Waals surface area contributed by atoms with E-state index in [0.717, 1.165) is 11.1 Å². The Kier molecular flexibility index (Phi) is 6.83. The van der Waals surface area contributed by atoms with Crippen LogP contribution in [0.2, 0.25) is 0 Å². The summed E-state index contributed by atoms with van der Waals surface area (Å²) >= 11 is 0.